The van der Waals surface area contributed by atoms with Gasteiger partial charge in [0, 0.05) is 18.1 Å². The van der Waals surface area contributed by atoms with Gasteiger partial charge in [-0.1, -0.05) is 19.1 Å². The van der Waals surface area contributed by atoms with Crippen LogP contribution in [0.3, 0.4) is 0 Å². The van der Waals surface area contributed by atoms with Crippen molar-refractivity contribution in [3.05, 3.63) is 60.1 Å². The van der Waals surface area contributed by atoms with Crippen LogP contribution in [0.4, 0.5) is 4.39 Å². The number of fused-ring (bicyclic) bond motifs is 1. The van der Waals surface area contributed by atoms with E-state index in [1.165, 1.54) is 12.1 Å². The van der Waals surface area contributed by atoms with Crippen molar-refractivity contribution in [2.45, 2.75) is 49.0 Å². The van der Waals surface area contributed by atoms with E-state index in [0.29, 0.717) is 18.4 Å². The smallest absolute Gasteiger partial charge is 0.287 e. The Kier molecular flexibility index (Phi) is 5.60. The number of sulfone groups is 1. The Hall–Kier alpha value is -2.74. The molecule has 1 N–H and O–H groups in total. The summed E-state index contributed by atoms with van der Waals surface area (Å²) in [5, 5.41) is 2.86. The Bertz CT molecular complexity index is 1120. The number of halogens is 1. The van der Waals surface area contributed by atoms with E-state index in [0.717, 1.165) is 10.9 Å². The van der Waals surface area contributed by atoms with Gasteiger partial charge in [0.2, 0.25) is 0 Å². The van der Waals surface area contributed by atoms with Crippen LogP contribution < -0.4 is 5.32 Å². The lowest BCUT2D eigenvalue weighted by Crippen LogP contribution is -2.33. The molecule has 4 rings (SSSR count). The third-order valence-electron chi connectivity index (χ3n) is 5.74. The molecule has 0 radical (unpaired) electrons. The number of aromatic nitrogens is 1. The van der Waals surface area contributed by atoms with E-state index in [1.807, 2.05) is 6.92 Å². The predicted molar refractivity (Wildman–Crippen MR) is 111 cm³/mol. The van der Waals surface area contributed by atoms with Gasteiger partial charge in [-0.3, -0.25) is 9.78 Å². The molecule has 3 aromatic rings. The molecule has 1 amide bonds. The summed E-state index contributed by atoms with van der Waals surface area (Å²) in [6, 6.07) is 9.77. The number of benzene rings is 1. The Morgan fingerprint density at radius 3 is 2.70 bits per heavy atom. The summed E-state index contributed by atoms with van der Waals surface area (Å²) in [5.41, 5.74) is 1.28. The summed E-state index contributed by atoms with van der Waals surface area (Å²) in [5.74, 6) is -0.275. The van der Waals surface area contributed by atoms with E-state index in [-0.39, 0.29) is 35.4 Å². The number of hydrogen-bond donors (Lipinski definition) is 1. The Morgan fingerprint density at radius 1 is 1.23 bits per heavy atom. The molecule has 2 heterocycles. The van der Waals surface area contributed by atoms with E-state index in [1.54, 1.807) is 36.7 Å². The molecule has 1 saturated carbocycles. The van der Waals surface area contributed by atoms with Crippen LogP contribution >= 0.6 is 0 Å². The van der Waals surface area contributed by atoms with Gasteiger partial charge in [0.25, 0.3) is 5.91 Å². The molecule has 0 aliphatic heterocycles. The van der Waals surface area contributed by atoms with Crippen molar-refractivity contribution in [3.63, 3.8) is 0 Å². The lowest BCUT2D eigenvalue weighted by molar-refractivity contribution is 0.0925. The zero-order chi connectivity index (χ0) is 21.3. The number of hydrogen-bond acceptors (Lipinski definition) is 5. The van der Waals surface area contributed by atoms with Gasteiger partial charge >= 0.3 is 0 Å². The first kappa shape index (κ1) is 20.5. The number of carbonyl (C=O) groups excluding carboxylic acids is 1. The van der Waals surface area contributed by atoms with Crippen LogP contribution in [0.15, 0.2) is 58.1 Å². The summed E-state index contributed by atoms with van der Waals surface area (Å²) in [4.78, 5) is 16.5. The van der Waals surface area contributed by atoms with Crippen LogP contribution in [-0.2, 0) is 16.4 Å². The SMILES string of the molecule is CC1CCC(S(=O)(=O)c2ccc(CNC(=O)c3cc4ccncc4o3)cc2)CC1F. The van der Waals surface area contributed by atoms with Gasteiger partial charge in [0.1, 0.15) is 6.17 Å². The van der Waals surface area contributed by atoms with E-state index in [2.05, 4.69) is 10.3 Å². The van der Waals surface area contributed by atoms with Gasteiger partial charge in [0.15, 0.2) is 21.2 Å². The number of nitrogens with zero attached hydrogens (tertiary/aromatic N) is 1. The normalized spacial score (nSPS) is 22.1. The summed E-state index contributed by atoms with van der Waals surface area (Å²) in [6.07, 6.45) is 3.19. The number of pyridine rings is 1. The van der Waals surface area contributed by atoms with Crippen LogP contribution in [-0.4, -0.2) is 30.7 Å². The average Bonchev–Trinajstić information content (AvgIpc) is 3.18. The molecule has 1 fully saturated rings. The van der Waals surface area contributed by atoms with Crippen molar-refractivity contribution in [1.29, 1.82) is 0 Å². The summed E-state index contributed by atoms with van der Waals surface area (Å²) >= 11 is 0. The molecule has 6 nitrogen and oxygen atoms in total. The third-order valence-corrected chi connectivity index (χ3v) is 7.98. The second-order valence-electron chi connectivity index (χ2n) is 7.82. The van der Waals surface area contributed by atoms with Crippen LogP contribution in [0.1, 0.15) is 42.3 Å². The zero-order valence-corrected chi connectivity index (χ0v) is 17.4. The average molecular weight is 431 g/mol. The number of alkyl halides is 1. The second kappa shape index (κ2) is 8.18. The van der Waals surface area contributed by atoms with Crippen molar-refractivity contribution in [2.75, 3.05) is 0 Å². The van der Waals surface area contributed by atoms with Crippen molar-refractivity contribution in [2.24, 2.45) is 5.92 Å². The van der Waals surface area contributed by atoms with Gasteiger partial charge in [0.05, 0.1) is 16.3 Å². The maximum absolute atomic E-state index is 14.0. The minimum Gasteiger partial charge on any atom is -0.449 e. The lowest BCUT2D eigenvalue weighted by atomic mass is 9.89. The Balaban J connectivity index is 1.40. The molecule has 1 aliphatic carbocycles. The highest BCUT2D eigenvalue weighted by molar-refractivity contribution is 7.92. The largest absolute Gasteiger partial charge is 0.449 e. The number of nitrogens with one attached hydrogen (secondary N) is 1. The first-order chi connectivity index (χ1) is 14.3. The molecule has 158 valence electrons. The van der Waals surface area contributed by atoms with E-state index < -0.39 is 21.3 Å². The quantitative estimate of drug-likeness (QED) is 0.659. The molecule has 1 aromatic carbocycles. The number of amides is 1. The maximum Gasteiger partial charge on any atom is 0.287 e. The van der Waals surface area contributed by atoms with Gasteiger partial charge in [-0.05, 0) is 55.0 Å². The van der Waals surface area contributed by atoms with Gasteiger partial charge in [-0.15, -0.1) is 0 Å². The molecule has 1 aliphatic rings. The highest BCUT2D eigenvalue weighted by Gasteiger charge is 2.36. The third kappa shape index (κ3) is 4.09. The highest BCUT2D eigenvalue weighted by atomic mass is 32.2. The standard InChI is InChI=1S/C22H23FN2O4S/c1-14-2-5-18(11-19(14)23)30(27,28)17-6-3-15(4-7-17)12-25-22(26)20-10-16-8-9-24-13-21(16)29-20/h3-4,6-10,13-14,18-19H,2,5,11-12H2,1H3,(H,25,26). The van der Waals surface area contributed by atoms with Crippen LogP contribution in [0.2, 0.25) is 0 Å². The van der Waals surface area contributed by atoms with Crippen LogP contribution in [0.5, 0.6) is 0 Å². The first-order valence-electron chi connectivity index (χ1n) is 9.93. The first-order valence-corrected chi connectivity index (χ1v) is 11.5. The second-order valence-corrected chi connectivity index (χ2v) is 10.1. The summed E-state index contributed by atoms with van der Waals surface area (Å²) in [6.45, 7) is 2.04. The number of furan rings is 1. The fourth-order valence-corrected chi connectivity index (χ4v) is 5.55. The van der Waals surface area contributed by atoms with Crippen molar-refractivity contribution in [1.82, 2.24) is 10.3 Å². The molecule has 0 saturated heterocycles. The van der Waals surface area contributed by atoms with Gasteiger partial charge in [-0.2, -0.15) is 0 Å². The molecular weight excluding hydrogens is 407 g/mol. The van der Waals surface area contributed by atoms with Crippen molar-refractivity contribution >= 4 is 26.7 Å². The maximum atomic E-state index is 14.0. The van der Waals surface area contributed by atoms with Crippen LogP contribution in [0.25, 0.3) is 11.0 Å². The van der Waals surface area contributed by atoms with E-state index in [9.17, 15) is 17.6 Å². The molecular formula is C22H23FN2O4S. The van der Waals surface area contributed by atoms with Crippen molar-refractivity contribution < 1.29 is 22.0 Å². The molecule has 0 bridgehead atoms. The lowest BCUT2D eigenvalue weighted by Gasteiger charge is -2.29. The van der Waals surface area contributed by atoms with Crippen molar-refractivity contribution in [3.8, 4) is 0 Å². The van der Waals surface area contributed by atoms with Gasteiger partial charge in [-0.25, -0.2) is 12.8 Å². The number of carbonyl (C=O) groups is 1. The molecule has 3 atom stereocenters. The topological polar surface area (TPSA) is 89.3 Å². The molecule has 30 heavy (non-hydrogen) atoms. The summed E-state index contributed by atoms with van der Waals surface area (Å²) < 4.78 is 45.2. The van der Waals surface area contributed by atoms with E-state index in [4.69, 9.17) is 4.42 Å². The van der Waals surface area contributed by atoms with E-state index >= 15 is 0 Å². The molecule has 8 heteroatoms. The Morgan fingerprint density at radius 2 is 2.00 bits per heavy atom. The fourth-order valence-electron chi connectivity index (χ4n) is 3.77. The fraction of sp³-hybridized carbons (Fsp3) is 0.364. The Labute approximate surface area is 174 Å². The molecule has 3 unspecified atom stereocenters. The highest BCUT2D eigenvalue weighted by Crippen LogP contribution is 2.33. The number of rotatable bonds is 5. The zero-order valence-electron chi connectivity index (χ0n) is 16.5. The molecule has 0 spiro atoms. The van der Waals surface area contributed by atoms with Gasteiger partial charge < -0.3 is 9.73 Å². The van der Waals surface area contributed by atoms with Crippen LogP contribution in [0, 0.1) is 5.92 Å². The minimum absolute atomic E-state index is 0.0499. The monoisotopic (exact) mass is 430 g/mol. The molecule has 2 aromatic heterocycles. The minimum atomic E-state index is -3.57. The summed E-state index contributed by atoms with van der Waals surface area (Å²) in [7, 11) is -3.57. The predicted octanol–water partition coefficient (Wildman–Crippen LogP) is 4.06.